The van der Waals surface area contributed by atoms with Gasteiger partial charge in [0.05, 0.1) is 17.2 Å². The number of para-hydroxylation sites is 1. The quantitative estimate of drug-likeness (QED) is 0.818. The summed E-state index contributed by atoms with van der Waals surface area (Å²) in [4.78, 5) is 0. The Kier molecular flexibility index (Phi) is 4.54. The van der Waals surface area contributed by atoms with Crippen molar-refractivity contribution < 1.29 is 21.2 Å². The molecule has 1 aliphatic rings. The van der Waals surface area contributed by atoms with Crippen molar-refractivity contribution in [1.82, 2.24) is 4.72 Å². The molecule has 0 bridgehead atoms. The van der Waals surface area contributed by atoms with E-state index >= 15 is 0 Å². The third kappa shape index (κ3) is 3.53. The van der Waals surface area contributed by atoms with E-state index in [-0.39, 0.29) is 24.5 Å². The summed E-state index contributed by atoms with van der Waals surface area (Å²) in [5.74, 6) is -1.10. The number of nitrogens with one attached hydrogen (secondary N) is 1. The lowest BCUT2D eigenvalue weighted by Gasteiger charge is -2.20. The lowest BCUT2D eigenvalue weighted by atomic mass is 10.2. The summed E-state index contributed by atoms with van der Waals surface area (Å²) < 4.78 is 64.1. The van der Waals surface area contributed by atoms with Gasteiger partial charge in [-0.05, 0) is 25.0 Å². The molecule has 1 aliphatic heterocycles. The van der Waals surface area contributed by atoms with Crippen molar-refractivity contribution in [3.05, 3.63) is 29.6 Å². The molecule has 6 nitrogen and oxygen atoms in total. The van der Waals surface area contributed by atoms with Gasteiger partial charge in [-0.2, -0.15) is 0 Å². The topological polar surface area (TPSA) is 83.5 Å². The lowest BCUT2D eigenvalue weighted by Crippen LogP contribution is -2.37. The molecule has 0 radical (unpaired) electrons. The van der Waals surface area contributed by atoms with Gasteiger partial charge in [0.1, 0.15) is 5.82 Å². The first-order chi connectivity index (χ1) is 9.77. The molecule has 0 fully saturated rings. The smallest absolute Gasteiger partial charge is 0.236 e. The van der Waals surface area contributed by atoms with Crippen LogP contribution in [0.2, 0.25) is 0 Å². The fourth-order valence-electron chi connectivity index (χ4n) is 2.19. The molecule has 1 aromatic carbocycles. The molecular weight excluding hydrogens is 319 g/mol. The van der Waals surface area contributed by atoms with Gasteiger partial charge in [-0.25, -0.2) is 25.9 Å². The summed E-state index contributed by atoms with van der Waals surface area (Å²) in [5, 5.41) is 0. The molecule has 0 aliphatic carbocycles. The van der Waals surface area contributed by atoms with Crippen LogP contribution >= 0.6 is 0 Å². The summed E-state index contributed by atoms with van der Waals surface area (Å²) in [7, 11) is -7.20. The number of hydrogen-bond donors (Lipinski definition) is 1. The number of halogens is 1. The van der Waals surface area contributed by atoms with Crippen molar-refractivity contribution >= 4 is 25.7 Å². The van der Waals surface area contributed by atoms with Crippen molar-refractivity contribution in [2.45, 2.75) is 13.3 Å². The molecule has 1 heterocycles. The number of fused-ring (bicyclic) bond motifs is 1. The van der Waals surface area contributed by atoms with Crippen molar-refractivity contribution in [3.63, 3.8) is 0 Å². The fourth-order valence-corrected chi connectivity index (χ4v) is 4.37. The van der Waals surface area contributed by atoms with E-state index in [1.54, 1.807) is 12.1 Å². The number of rotatable bonds is 6. The van der Waals surface area contributed by atoms with Crippen LogP contribution in [-0.4, -0.2) is 41.4 Å². The minimum absolute atomic E-state index is 0.0795. The summed E-state index contributed by atoms with van der Waals surface area (Å²) >= 11 is 0. The third-order valence-electron chi connectivity index (χ3n) is 3.30. The van der Waals surface area contributed by atoms with Gasteiger partial charge in [0.2, 0.25) is 20.0 Å². The van der Waals surface area contributed by atoms with E-state index in [0.29, 0.717) is 12.0 Å². The number of anilines is 1. The zero-order valence-electron chi connectivity index (χ0n) is 11.5. The molecule has 2 rings (SSSR count). The van der Waals surface area contributed by atoms with E-state index in [9.17, 15) is 21.2 Å². The van der Waals surface area contributed by atoms with E-state index in [4.69, 9.17) is 0 Å². The van der Waals surface area contributed by atoms with E-state index in [1.165, 1.54) is 13.0 Å². The van der Waals surface area contributed by atoms with E-state index in [1.807, 2.05) is 0 Å². The van der Waals surface area contributed by atoms with Crippen LogP contribution in [-0.2, 0) is 26.5 Å². The number of benzene rings is 1. The van der Waals surface area contributed by atoms with Gasteiger partial charge in [-0.15, -0.1) is 0 Å². The minimum atomic E-state index is -3.76. The predicted molar refractivity (Wildman–Crippen MR) is 78.7 cm³/mol. The average Bonchev–Trinajstić information content (AvgIpc) is 2.84. The molecule has 0 atom stereocenters. The minimum Gasteiger partial charge on any atom is -0.267 e. The highest BCUT2D eigenvalue weighted by Crippen LogP contribution is 2.32. The largest absolute Gasteiger partial charge is 0.267 e. The molecule has 0 unspecified atom stereocenters. The molecule has 0 saturated heterocycles. The monoisotopic (exact) mass is 336 g/mol. The van der Waals surface area contributed by atoms with E-state index in [2.05, 4.69) is 4.72 Å². The summed E-state index contributed by atoms with van der Waals surface area (Å²) in [6.07, 6.45) is 0.451. The first-order valence-electron chi connectivity index (χ1n) is 6.52. The number of nitrogens with zero attached hydrogens (tertiary/aromatic N) is 1. The van der Waals surface area contributed by atoms with Crippen LogP contribution in [0.15, 0.2) is 18.2 Å². The zero-order chi connectivity index (χ0) is 15.7. The zero-order valence-corrected chi connectivity index (χ0v) is 13.2. The highest BCUT2D eigenvalue weighted by Gasteiger charge is 2.31. The summed E-state index contributed by atoms with van der Waals surface area (Å²) in [6, 6.07) is 4.44. The van der Waals surface area contributed by atoms with Crippen LogP contribution in [0, 0.1) is 5.82 Å². The fraction of sp³-hybridized carbons (Fsp3) is 0.500. The lowest BCUT2D eigenvalue weighted by molar-refractivity contribution is 0.579. The molecule has 0 aromatic heterocycles. The van der Waals surface area contributed by atoms with Gasteiger partial charge >= 0.3 is 0 Å². The molecule has 118 valence electrons. The molecule has 21 heavy (non-hydrogen) atoms. The molecule has 9 heteroatoms. The first-order valence-corrected chi connectivity index (χ1v) is 9.78. The summed E-state index contributed by atoms with van der Waals surface area (Å²) in [5.41, 5.74) is 0.726. The van der Waals surface area contributed by atoms with Crippen molar-refractivity contribution in [1.29, 1.82) is 0 Å². The van der Waals surface area contributed by atoms with Crippen molar-refractivity contribution in [2.24, 2.45) is 0 Å². The van der Waals surface area contributed by atoms with Crippen LogP contribution in [0.4, 0.5) is 10.1 Å². The van der Waals surface area contributed by atoms with Gasteiger partial charge < -0.3 is 0 Å². The van der Waals surface area contributed by atoms with Gasteiger partial charge in [-0.1, -0.05) is 12.1 Å². The molecule has 1 N–H and O–H groups in total. The molecule has 0 saturated carbocycles. The Morgan fingerprint density at radius 2 is 2.00 bits per heavy atom. The Hall–Kier alpha value is -1.19. The van der Waals surface area contributed by atoms with Crippen LogP contribution < -0.4 is 9.03 Å². The normalized spacial score (nSPS) is 15.2. The maximum Gasteiger partial charge on any atom is 0.236 e. The Morgan fingerprint density at radius 3 is 2.67 bits per heavy atom. The molecule has 1 aromatic rings. The van der Waals surface area contributed by atoms with E-state index in [0.717, 1.165) is 4.31 Å². The maximum absolute atomic E-state index is 13.8. The maximum atomic E-state index is 13.8. The van der Waals surface area contributed by atoms with Crippen LogP contribution in [0.25, 0.3) is 0 Å². The van der Waals surface area contributed by atoms with Crippen LogP contribution in [0.1, 0.15) is 12.5 Å². The second kappa shape index (κ2) is 5.90. The van der Waals surface area contributed by atoms with Crippen LogP contribution in [0.3, 0.4) is 0 Å². The Morgan fingerprint density at radius 1 is 1.29 bits per heavy atom. The third-order valence-corrected chi connectivity index (χ3v) is 6.46. The van der Waals surface area contributed by atoms with Crippen molar-refractivity contribution in [2.75, 3.05) is 28.9 Å². The average molecular weight is 336 g/mol. The second-order valence-electron chi connectivity index (χ2n) is 4.68. The van der Waals surface area contributed by atoms with Gasteiger partial charge in [-0.3, -0.25) is 4.31 Å². The highest BCUT2D eigenvalue weighted by molar-refractivity contribution is 7.93. The Balaban J connectivity index is 2.13. The SMILES string of the molecule is CCS(=O)(=O)NCCS(=O)(=O)N1CCc2cccc(F)c21. The second-order valence-corrected chi connectivity index (χ2v) is 8.79. The molecule has 0 spiro atoms. The van der Waals surface area contributed by atoms with Gasteiger partial charge in [0.25, 0.3) is 0 Å². The molecule has 0 amide bonds. The van der Waals surface area contributed by atoms with Crippen molar-refractivity contribution in [3.8, 4) is 0 Å². The van der Waals surface area contributed by atoms with Gasteiger partial charge in [0.15, 0.2) is 0 Å². The Labute approximate surface area is 124 Å². The highest BCUT2D eigenvalue weighted by atomic mass is 32.2. The summed E-state index contributed by atoms with van der Waals surface area (Å²) in [6.45, 7) is 1.42. The van der Waals surface area contributed by atoms with Gasteiger partial charge in [0, 0.05) is 13.1 Å². The van der Waals surface area contributed by atoms with E-state index < -0.39 is 31.6 Å². The number of sulfonamides is 2. The van der Waals surface area contributed by atoms with Crippen LogP contribution in [0.5, 0.6) is 0 Å². The first kappa shape index (κ1) is 16.2. The number of hydrogen-bond acceptors (Lipinski definition) is 4. The Bertz CT molecular complexity index is 732. The predicted octanol–water partition coefficient (Wildman–Crippen LogP) is 0.457. The molecular formula is C12H17FN2O4S2. The standard InChI is InChI=1S/C12H17FN2O4S2/c1-2-20(16,17)14-7-9-21(18,19)15-8-6-10-4-3-5-11(13)12(10)15/h3-5,14H,2,6-9H2,1H3.